The van der Waals surface area contributed by atoms with Crippen molar-refractivity contribution < 1.29 is 44.0 Å². The number of phenolic OH excluding ortho intramolecular Hbond substituents is 1. The lowest BCUT2D eigenvalue weighted by Crippen LogP contribution is -2.49. The largest absolute Gasteiger partial charge is 0.502 e. The lowest BCUT2D eigenvalue weighted by atomic mass is 10.1. The summed E-state index contributed by atoms with van der Waals surface area (Å²) in [6.45, 7) is -0.607. The summed E-state index contributed by atoms with van der Waals surface area (Å²) >= 11 is 1.30. The van der Waals surface area contributed by atoms with Crippen molar-refractivity contribution in [2.75, 3.05) is 32.3 Å². The van der Waals surface area contributed by atoms with Crippen molar-refractivity contribution in [3.63, 3.8) is 0 Å². The van der Waals surface area contributed by atoms with Crippen molar-refractivity contribution in [3.8, 4) is 17.2 Å². The van der Waals surface area contributed by atoms with Gasteiger partial charge in [0.15, 0.2) is 11.5 Å². The lowest BCUT2D eigenvalue weighted by molar-refractivity contribution is -0.139. The van der Waals surface area contributed by atoms with Crippen LogP contribution in [0.4, 0.5) is 0 Å². The van der Waals surface area contributed by atoms with Crippen LogP contribution in [-0.2, 0) is 19.2 Å². The summed E-state index contributed by atoms with van der Waals surface area (Å²) in [6.07, 6.45) is 3.23. The molecule has 0 fully saturated rings. The first-order valence-corrected chi connectivity index (χ1v) is 11.2. The third kappa shape index (κ3) is 10.0. The molecule has 0 aliphatic rings. The van der Waals surface area contributed by atoms with Gasteiger partial charge in [-0.05, 0) is 24.1 Å². The molecule has 12 nitrogen and oxygen atoms in total. The van der Waals surface area contributed by atoms with Crippen LogP contribution in [0.3, 0.4) is 0 Å². The minimum atomic E-state index is -1.24. The summed E-state index contributed by atoms with van der Waals surface area (Å²) in [5.74, 6) is -2.79. The number of hydrogen-bond acceptors (Lipinski definition) is 9. The zero-order valence-electron chi connectivity index (χ0n) is 18.8. The number of aromatic hydroxyl groups is 1. The first-order valence-electron chi connectivity index (χ1n) is 10.1. The van der Waals surface area contributed by atoms with E-state index in [1.54, 1.807) is 24.3 Å². The molecule has 2 atom stereocenters. The number of methoxy groups -OCH3 is 2. The molecule has 2 amide bonds. The summed E-state index contributed by atoms with van der Waals surface area (Å²) in [7, 11) is 2.83. The second-order valence-corrected chi connectivity index (χ2v) is 8.00. The zero-order chi connectivity index (χ0) is 25.7. The number of rotatable bonds is 15. The first kappa shape index (κ1) is 28.6. The normalized spacial score (nSPS) is 12.6. The molecule has 0 radical (unpaired) electrons. The molecule has 34 heavy (non-hydrogen) atoms. The van der Waals surface area contributed by atoms with E-state index >= 15 is 0 Å². The number of carbonyl (C=O) groups is 4. The number of aliphatic carboxylic acids is 2. The molecule has 1 aromatic carbocycles. The maximum absolute atomic E-state index is 12.3. The molecular formula is C21H29N3O9S. The van der Waals surface area contributed by atoms with Crippen LogP contribution < -0.4 is 25.8 Å². The Bertz CT molecular complexity index is 882. The quantitative estimate of drug-likeness (QED) is 0.178. The first-order chi connectivity index (χ1) is 16.1. The minimum Gasteiger partial charge on any atom is -0.502 e. The van der Waals surface area contributed by atoms with E-state index in [0.29, 0.717) is 11.3 Å². The summed E-state index contributed by atoms with van der Waals surface area (Å²) < 4.78 is 10.2. The van der Waals surface area contributed by atoms with Crippen molar-refractivity contribution >= 4 is 41.6 Å². The van der Waals surface area contributed by atoms with E-state index in [0.717, 1.165) is 0 Å². The molecule has 1 aromatic rings. The molecule has 0 spiro atoms. The number of carboxylic acids is 2. The van der Waals surface area contributed by atoms with Gasteiger partial charge in [0.1, 0.15) is 18.6 Å². The number of nitrogens with one attached hydrogen (secondary N) is 2. The van der Waals surface area contributed by atoms with E-state index in [-0.39, 0.29) is 35.8 Å². The number of hydrogen-bond donors (Lipinski definition) is 6. The molecule has 0 aromatic heterocycles. The Hall–Kier alpha value is -3.45. The molecule has 0 heterocycles. The summed E-state index contributed by atoms with van der Waals surface area (Å²) in [6, 6.07) is 0.994. The van der Waals surface area contributed by atoms with Gasteiger partial charge in [-0.15, -0.1) is 0 Å². The van der Waals surface area contributed by atoms with Crippen LogP contribution in [0.5, 0.6) is 17.2 Å². The summed E-state index contributed by atoms with van der Waals surface area (Å²) in [4.78, 5) is 45.9. The fraction of sp³-hybridized carbons (Fsp3) is 0.429. The molecule has 0 bridgehead atoms. The Balaban J connectivity index is 2.71. The second kappa shape index (κ2) is 14.6. The Labute approximate surface area is 200 Å². The summed E-state index contributed by atoms with van der Waals surface area (Å²) in [5, 5.41) is 32.2. The number of nitrogens with two attached hydrogens (primary N) is 1. The van der Waals surface area contributed by atoms with Gasteiger partial charge in [0.05, 0.1) is 14.2 Å². The average Bonchev–Trinajstić information content (AvgIpc) is 2.80. The van der Waals surface area contributed by atoms with Crippen molar-refractivity contribution in [1.29, 1.82) is 0 Å². The van der Waals surface area contributed by atoms with Gasteiger partial charge >= 0.3 is 11.9 Å². The van der Waals surface area contributed by atoms with Gasteiger partial charge in [-0.2, -0.15) is 11.8 Å². The Kier molecular flexibility index (Phi) is 12.3. The molecule has 1 rings (SSSR count). The highest BCUT2D eigenvalue weighted by Crippen LogP contribution is 2.37. The Morgan fingerprint density at radius 3 is 2.29 bits per heavy atom. The van der Waals surface area contributed by atoms with Crippen LogP contribution in [0.1, 0.15) is 18.4 Å². The molecule has 0 saturated heterocycles. The topological polar surface area (TPSA) is 198 Å². The van der Waals surface area contributed by atoms with Crippen LogP contribution in [-0.4, -0.2) is 83.4 Å². The number of phenols is 1. The smallest absolute Gasteiger partial charge is 0.322 e. The molecule has 0 aliphatic heterocycles. The van der Waals surface area contributed by atoms with Gasteiger partial charge in [-0.1, -0.05) is 12.2 Å². The highest BCUT2D eigenvalue weighted by molar-refractivity contribution is 7.99. The fourth-order valence-corrected chi connectivity index (χ4v) is 3.43. The number of carboxylic acid groups (broad SMARTS) is 2. The monoisotopic (exact) mass is 499 g/mol. The Morgan fingerprint density at radius 1 is 1.15 bits per heavy atom. The van der Waals surface area contributed by atoms with Gasteiger partial charge in [-0.25, -0.2) is 0 Å². The lowest BCUT2D eigenvalue weighted by Gasteiger charge is -2.18. The third-order valence-corrected chi connectivity index (χ3v) is 5.37. The van der Waals surface area contributed by atoms with Gasteiger partial charge in [-0.3, -0.25) is 19.2 Å². The van der Waals surface area contributed by atoms with Crippen LogP contribution >= 0.6 is 11.8 Å². The van der Waals surface area contributed by atoms with E-state index < -0.39 is 42.4 Å². The number of benzene rings is 1. The van der Waals surface area contributed by atoms with Crippen LogP contribution in [0, 0.1) is 0 Å². The maximum Gasteiger partial charge on any atom is 0.322 e. The number of amides is 2. The molecule has 0 saturated carbocycles. The van der Waals surface area contributed by atoms with Gasteiger partial charge in [0.2, 0.25) is 17.6 Å². The van der Waals surface area contributed by atoms with E-state index in [1.807, 2.05) is 0 Å². The molecule has 2 unspecified atom stereocenters. The van der Waals surface area contributed by atoms with Crippen LogP contribution in [0.2, 0.25) is 0 Å². The van der Waals surface area contributed by atoms with Gasteiger partial charge in [0.25, 0.3) is 0 Å². The highest BCUT2D eigenvalue weighted by Gasteiger charge is 2.22. The third-order valence-electron chi connectivity index (χ3n) is 4.38. The van der Waals surface area contributed by atoms with Crippen LogP contribution in [0.25, 0.3) is 6.08 Å². The number of carbonyl (C=O) groups excluding carboxylic acids is 2. The highest BCUT2D eigenvalue weighted by atomic mass is 32.2. The molecule has 188 valence electrons. The van der Waals surface area contributed by atoms with E-state index in [4.69, 9.17) is 25.4 Å². The van der Waals surface area contributed by atoms with Crippen molar-refractivity contribution in [2.24, 2.45) is 5.73 Å². The van der Waals surface area contributed by atoms with Crippen LogP contribution in [0.15, 0.2) is 18.2 Å². The zero-order valence-corrected chi connectivity index (χ0v) is 19.6. The Morgan fingerprint density at radius 2 is 1.76 bits per heavy atom. The average molecular weight is 500 g/mol. The van der Waals surface area contributed by atoms with Crippen molar-refractivity contribution in [2.45, 2.75) is 24.9 Å². The molecule has 7 N–H and O–H groups in total. The van der Waals surface area contributed by atoms with E-state index in [9.17, 15) is 24.3 Å². The molecular weight excluding hydrogens is 470 g/mol. The number of thioether (sulfide) groups is 1. The van der Waals surface area contributed by atoms with E-state index in [2.05, 4.69) is 10.6 Å². The fourth-order valence-electron chi connectivity index (χ4n) is 2.59. The van der Waals surface area contributed by atoms with E-state index in [1.165, 1.54) is 26.0 Å². The predicted molar refractivity (Wildman–Crippen MR) is 125 cm³/mol. The SMILES string of the molecule is COc1cc(C=CCSCC(NC(=O)CCC(N)C(=O)O)C(=O)NCC(=O)O)cc(OC)c1O. The van der Waals surface area contributed by atoms with Crippen molar-refractivity contribution in [3.05, 3.63) is 23.8 Å². The standard InChI is InChI=1S/C21H29N3O9S/c1-32-15-8-12(9-16(33-2)19(15)28)4-3-7-34-11-14(20(29)23-10-18(26)27)24-17(25)6-5-13(22)21(30)31/h3-4,8-9,13-14,28H,5-7,10-11,22H2,1-2H3,(H,23,29)(H,24,25)(H,26,27)(H,30,31). The predicted octanol–water partition coefficient (Wildman–Crippen LogP) is 0.0335. The van der Waals surface area contributed by atoms with Crippen molar-refractivity contribution in [1.82, 2.24) is 10.6 Å². The summed E-state index contributed by atoms with van der Waals surface area (Å²) in [5.41, 5.74) is 6.08. The van der Waals surface area contributed by atoms with Gasteiger partial charge < -0.3 is 41.2 Å². The maximum atomic E-state index is 12.3. The molecule has 13 heteroatoms. The molecule has 0 aliphatic carbocycles. The number of ether oxygens (including phenoxy) is 2. The van der Waals surface area contributed by atoms with Gasteiger partial charge in [0, 0.05) is 17.9 Å². The minimum absolute atomic E-state index is 0.111. The second-order valence-electron chi connectivity index (χ2n) is 6.93.